The molecular weight excluding hydrogens is 267 g/mol. The topological polar surface area (TPSA) is 46.3 Å². The zero-order valence-electron chi connectivity index (χ0n) is 11.7. The quantitative estimate of drug-likeness (QED) is 0.941. The third-order valence-electron chi connectivity index (χ3n) is 3.82. The van der Waals surface area contributed by atoms with E-state index < -0.39 is 0 Å². The van der Waals surface area contributed by atoms with E-state index in [1.807, 2.05) is 24.3 Å². The second-order valence-electron chi connectivity index (χ2n) is 5.22. The number of amides is 1. The SMILES string of the molecule is NCCc1ccc(C(=O)N2CCc3ccc(F)cc32)cc1. The molecule has 0 spiro atoms. The van der Waals surface area contributed by atoms with Crippen molar-refractivity contribution in [2.24, 2.45) is 5.73 Å². The average molecular weight is 284 g/mol. The molecule has 1 aliphatic heterocycles. The fourth-order valence-corrected chi connectivity index (χ4v) is 2.70. The van der Waals surface area contributed by atoms with Crippen molar-refractivity contribution in [2.45, 2.75) is 12.8 Å². The van der Waals surface area contributed by atoms with Crippen LogP contribution in [0.1, 0.15) is 21.5 Å². The summed E-state index contributed by atoms with van der Waals surface area (Å²) in [5.41, 5.74) is 8.95. The number of hydrogen-bond acceptors (Lipinski definition) is 2. The molecular formula is C17H17FN2O. The van der Waals surface area contributed by atoms with Crippen LogP contribution in [0.2, 0.25) is 0 Å². The molecule has 3 nitrogen and oxygen atoms in total. The van der Waals surface area contributed by atoms with Crippen LogP contribution in [0.25, 0.3) is 0 Å². The summed E-state index contributed by atoms with van der Waals surface area (Å²) in [6.07, 6.45) is 1.57. The highest BCUT2D eigenvalue weighted by Gasteiger charge is 2.25. The standard InChI is InChI=1S/C17H17FN2O/c18-15-6-5-13-8-10-20(16(13)11-15)17(21)14-3-1-12(2-4-14)7-9-19/h1-6,11H,7-10,19H2. The summed E-state index contributed by atoms with van der Waals surface area (Å²) in [6, 6.07) is 12.1. The molecule has 4 heteroatoms. The number of hydrogen-bond donors (Lipinski definition) is 1. The first-order valence-corrected chi connectivity index (χ1v) is 7.08. The van der Waals surface area contributed by atoms with Gasteiger partial charge < -0.3 is 10.6 Å². The highest BCUT2D eigenvalue weighted by Crippen LogP contribution is 2.30. The van der Waals surface area contributed by atoms with Crippen molar-refractivity contribution in [2.75, 3.05) is 18.0 Å². The maximum absolute atomic E-state index is 13.4. The number of carbonyl (C=O) groups is 1. The minimum atomic E-state index is -0.313. The van der Waals surface area contributed by atoms with Crippen LogP contribution in [0.4, 0.5) is 10.1 Å². The Kier molecular flexibility index (Phi) is 3.71. The Balaban J connectivity index is 1.85. The third kappa shape index (κ3) is 2.67. The number of nitrogens with zero attached hydrogens (tertiary/aromatic N) is 1. The van der Waals surface area contributed by atoms with Crippen molar-refractivity contribution in [3.63, 3.8) is 0 Å². The molecule has 1 heterocycles. The Bertz CT molecular complexity index is 667. The summed E-state index contributed by atoms with van der Waals surface area (Å²) < 4.78 is 13.4. The molecule has 1 aliphatic rings. The normalized spacial score (nSPS) is 13.3. The summed E-state index contributed by atoms with van der Waals surface area (Å²) in [5, 5.41) is 0. The minimum absolute atomic E-state index is 0.0846. The number of rotatable bonds is 3. The summed E-state index contributed by atoms with van der Waals surface area (Å²) in [5.74, 6) is -0.398. The van der Waals surface area contributed by atoms with Gasteiger partial charge in [0.1, 0.15) is 5.82 Å². The molecule has 0 aliphatic carbocycles. The smallest absolute Gasteiger partial charge is 0.258 e. The predicted molar refractivity (Wildman–Crippen MR) is 81.0 cm³/mol. The molecule has 0 radical (unpaired) electrons. The molecule has 108 valence electrons. The first kappa shape index (κ1) is 13.8. The summed E-state index contributed by atoms with van der Waals surface area (Å²) in [6.45, 7) is 1.19. The fourth-order valence-electron chi connectivity index (χ4n) is 2.70. The number of fused-ring (bicyclic) bond motifs is 1. The first-order valence-electron chi connectivity index (χ1n) is 7.08. The van der Waals surface area contributed by atoms with Gasteiger partial charge >= 0.3 is 0 Å². The molecule has 0 saturated carbocycles. The van der Waals surface area contributed by atoms with Crippen LogP contribution in [-0.2, 0) is 12.8 Å². The van der Waals surface area contributed by atoms with E-state index in [0.717, 1.165) is 24.0 Å². The molecule has 21 heavy (non-hydrogen) atoms. The molecule has 0 atom stereocenters. The van der Waals surface area contributed by atoms with Gasteiger partial charge in [0.15, 0.2) is 0 Å². The van der Waals surface area contributed by atoms with E-state index in [2.05, 4.69) is 0 Å². The van der Waals surface area contributed by atoms with Gasteiger partial charge in [0.25, 0.3) is 5.91 Å². The van der Waals surface area contributed by atoms with Gasteiger partial charge in [-0.15, -0.1) is 0 Å². The van der Waals surface area contributed by atoms with E-state index in [1.54, 1.807) is 11.0 Å². The summed E-state index contributed by atoms with van der Waals surface area (Å²) in [4.78, 5) is 14.2. The third-order valence-corrected chi connectivity index (χ3v) is 3.82. The lowest BCUT2D eigenvalue weighted by Gasteiger charge is -2.17. The molecule has 0 bridgehead atoms. The lowest BCUT2D eigenvalue weighted by atomic mass is 10.1. The van der Waals surface area contributed by atoms with Crippen LogP contribution in [0.3, 0.4) is 0 Å². The van der Waals surface area contributed by atoms with Crippen molar-refractivity contribution in [1.29, 1.82) is 0 Å². The number of nitrogens with two attached hydrogens (primary N) is 1. The fraction of sp³-hybridized carbons (Fsp3) is 0.235. The Morgan fingerprint density at radius 3 is 2.67 bits per heavy atom. The molecule has 2 aromatic carbocycles. The Hall–Kier alpha value is -2.20. The van der Waals surface area contributed by atoms with Gasteiger partial charge in [-0.25, -0.2) is 4.39 Å². The molecule has 0 aromatic heterocycles. The second-order valence-corrected chi connectivity index (χ2v) is 5.22. The summed E-state index contributed by atoms with van der Waals surface area (Å²) in [7, 11) is 0. The Morgan fingerprint density at radius 1 is 1.19 bits per heavy atom. The van der Waals surface area contributed by atoms with E-state index in [1.165, 1.54) is 12.1 Å². The predicted octanol–water partition coefficient (Wildman–Crippen LogP) is 2.53. The van der Waals surface area contributed by atoms with Gasteiger partial charge in [-0.3, -0.25) is 4.79 Å². The van der Waals surface area contributed by atoms with Gasteiger partial charge in [0.2, 0.25) is 0 Å². The maximum Gasteiger partial charge on any atom is 0.258 e. The highest BCUT2D eigenvalue weighted by molar-refractivity contribution is 6.07. The largest absolute Gasteiger partial charge is 0.330 e. The lowest BCUT2D eigenvalue weighted by Crippen LogP contribution is -2.28. The van der Waals surface area contributed by atoms with Crippen molar-refractivity contribution in [3.8, 4) is 0 Å². The number of benzene rings is 2. The van der Waals surface area contributed by atoms with E-state index >= 15 is 0 Å². The monoisotopic (exact) mass is 284 g/mol. The van der Waals surface area contributed by atoms with Gasteiger partial charge in [-0.05, 0) is 54.8 Å². The molecule has 0 unspecified atom stereocenters. The maximum atomic E-state index is 13.4. The zero-order chi connectivity index (χ0) is 14.8. The van der Waals surface area contributed by atoms with Crippen LogP contribution in [0.5, 0.6) is 0 Å². The minimum Gasteiger partial charge on any atom is -0.330 e. The van der Waals surface area contributed by atoms with Crippen LogP contribution < -0.4 is 10.6 Å². The molecule has 3 rings (SSSR count). The van der Waals surface area contributed by atoms with Gasteiger partial charge in [0, 0.05) is 12.1 Å². The highest BCUT2D eigenvalue weighted by atomic mass is 19.1. The van der Waals surface area contributed by atoms with Crippen LogP contribution in [-0.4, -0.2) is 19.0 Å². The van der Waals surface area contributed by atoms with Crippen LogP contribution in [0.15, 0.2) is 42.5 Å². The lowest BCUT2D eigenvalue weighted by molar-refractivity contribution is 0.0989. The van der Waals surface area contributed by atoms with Gasteiger partial charge in [-0.2, -0.15) is 0 Å². The van der Waals surface area contributed by atoms with Crippen molar-refractivity contribution < 1.29 is 9.18 Å². The number of halogens is 1. The van der Waals surface area contributed by atoms with E-state index in [4.69, 9.17) is 5.73 Å². The molecule has 0 fully saturated rings. The van der Waals surface area contributed by atoms with Gasteiger partial charge in [0.05, 0.1) is 5.69 Å². The first-order chi connectivity index (χ1) is 10.2. The van der Waals surface area contributed by atoms with Gasteiger partial charge in [-0.1, -0.05) is 18.2 Å². The second kappa shape index (κ2) is 5.66. The Morgan fingerprint density at radius 2 is 1.95 bits per heavy atom. The van der Waals surface area contributed by atoms with Crippen molar-refractivity contribution >= 4 is 11.6 Å². The van der Waals surface area contributed by atoms with Crippen molar-refractivity contribution in [3.05, 3.63) is 65.0 Å². The molecule has 2 aromatic rings. The van der Waals surface area contributed by atoms with E-state index in [0.29, 0.717) is 24.3 Å². The average Bonchev–Trinajstić information content (AvgIpc) is 2.90. The zero-order valence-corrected chi connectivity index (χ0v) is 11.7. The molecule has 2 N–H and O–H groups in total. The number of carbonyl (C=O) groups excluding carboxylic acids is 1. The van der Waals surface area contributed by atoms with E-state index in [-0.39, 0.29) is 11.7 Å². The van der Waals surface area contributed by atoms with Crippen LogP contribution in [0, 0.1) is 5.82 Å². The summed E-state index contributed by atoms with van der Waals surface area (Å²) >= 11 is 0. The molecule has 0 saturated heterocycles. The number of anilines is 1. The molecule has 1 amide bonds. The Labute approximate surface area is 123 Å². The van der Waals surface area contributed by atoms with Crippen molar-refractivity contribution in [1.82, 2.24) is 0 Å². The van der Waals surface area contributed by atoms with Crippen LogP contribution >= 0.6 is 0 Å². The van der Waals surface area contributed by atoms with E-state index in [9.17, 15) is 9.18 Å².